The maximum Gasteiger partial charge on any atom is 0.305 e. The molecule has 18 heavy (non-hydrogen) atoms. The summed E-state index contributed by atoms with van der Waals surface area (Å²) in [6, 6.07) is 3.29. The molecule has 1 rings (SSSR count). The fraction of sp³-hybridized carbons (Fsp3) is 0.385. The maximum absolute atomic E-state index is 13.1. The molecule has 5 heteroatoms. The lowest BCUT2D eigenvalue weighted by atomic mass is 9.99. The van der Waals surface area contributed by atoms with Gasteiger partial charge in [0.05, 0.1) is 13.2 Å². The summed E-state index contributed by atoms with van der Waals surface area (Å²) in [6.07, 6.45) is 0.297. The molecule has 0 fully saturated rings. The molecule has 1 unspecified atom stereocenters. The lowest BCUT2D eigenvalue weighted by Crippen LogP contribution is -2.31. The standard InChI is InChI=1S/C13H16FNO3/c1-8-7-9(3-4-10(8)14)13(17)11(15)5-6-12(16)18-2/h3-4,7,11H,5-6,15H2,1-2H3. The molecule has 0 aromatic heterocycles. The van der Waals surface area contributed by atoms with Gasteiger partial charge < -0.3 is 10.5 Å². The van der Waals surface area contributed by atoms with Crippen molar-refractivity contribution in [3.63, 3.8) is 0 Å². The van der Waals surface area contributed by atoms with Crippen LogP contribution < -0.4 is 5.73 Å². The second kappa shape index (κ2) is 6.26. The van der Waals surface area contributed by atoms with Crippen molar-refractivity contribution in [2.45, 2.75) is 25.8 Å². The summed E-state index contributed by atoms with van der Waals surface area (Å²) in [7, 11) is 1.28. The van der Waals surface area contributed by atoms with Gasteiger partial charge in [0.1, 0.15) is 5.82 Å². The Bertz CT molecular complexity index is 460. The second-order valence-electron chi connectivity index (χ2n) is 4.05. The Morgan fingerprint density at radius 2 is 2.11 bits per heavy atom. The third-order valence-corrected chi connectivity index (χ3v) is 2.67. The zero-order chi connectivity index (χ0) is 13.7. The first-order valence-corrected chi connectivity index (χ1v) is 5.58. The van der Waals surface area contributed by atoms with Gasteiger partial charge in [-0.2, -0.15) is 0 Å². The molecule has 0 saturated heterocycles. The summed E-state index contributed by atoms with van der Waals surface area (Å²) in [5, 5.41) is 0. The maximum atomic E-state index is 13.1. The van der Waals surface area contributed by atoms with Crippen molar-refractivity contribution >= 4 is 11.8 Å². The van der Waals surface area contributed by atoms with E-state index in [0.717, 1.165) is 0 Å². The number of methoxy groups -OCH3 is 1. The van der Waals surface area contributed by atoms with Gasteiger partial charge in [0, 0.05) is 12.0 Å². The lowest BCUT2D eigenvalue weighted by Gasteiger charge is -2.10. The van der Waals surface area contributed by atoms with E-state index in [1.807, 2.05) is 0 Å². The SMILES string of the molecule is COC(=O)CCC(N)C(=O)c1ccc(F)c(C)c1. The third kappa shape index (κ3) is 3.63. The first-order chi connectivity index (χ1) is 8.45. The number of ketones is 1. The number of halogens is 1. The second-order valence-corrected chi connectivity index (χ2v) is 4.05. The number of nitrogens with two attached hydrogens (primary N) is 1. The van der Waals surface area contributed by atoms with E-state index < -0.39 is 12.0 Å². The van der Waals surface area contributed by atoms with Crippen LogP contribution in [-0.4, -0.2) is 24.9 Å². The number of rotatable bonds is 5. The first-order valence-electron chi connectivity index (χ1n) is 5.58. The number of aryl methyl sites for hydroxylation is 1. The van der Waals surface area contributed by atoms with Gasteiger partial charge in [0.2, 0.25) is 0 Å². The fourth-order valence-electron chi connectivity index (χ4n) is 1.52. The van der Waals surface area contributed by atoms with Crippen molar-refractivity contribution in [3.05, 3.63) is 35.1 Å². The molecule has 4 nitrogen and oxygen atoms in total. The zero-order valence-electron chi connectivity index (χ0n) is 10.4. The van der Waals surface area contributed by atoms with Crippen molar-refractivity contribution in [1.29, 1.82) is 0 Å². The molecule has 0 heterocycles. The number of hydrogen-bond acceptors (Lipinski definition) is 4. The molecule has 0 amide bonds. The molecule has 98 valence electrons. The van der Waals surface area contributed by atoms with Crippen LogP contribution in [0.25, 0.3) is 0 Å². The van der Waals surface area contributed by atoms with E-state index in [-0.39, 0.29) is 24.4 Å². The molecule has 0 aliphatic rings. The smallest absolute Gasteiger partial charge is 0.305 e. The Labute approximate surface area is 105 Å². The van der Waals surface area contributed by atoms with E-state index in [4.69, 9.17) is 5.73 Å². The molecular weight excluding hydrogens is 237 g/mol. The summed E-state index contributed by atoms with van der Waals surface area (Å²) in [5.74, 6) is -1.08. The molecule has 0 aliphatic carbocycles. The minimum absolute atomic E-state index is 0.0869. The van der Waals surface area contributed by atoms with Crippen LogP contribution in [0.15, 0.2) is 18.2 Å². The summed E-state index contributed by atoms with van der Waals surface area (Å²) >= 11 is 0. The molecule has 0 radical (unpaired) electrons. The van der Waals surface area contributed by atoms with Gasteiger partial charge in [0.25, 0.3) is 0 Å². The molecule has 1 aromatic carbocycles. The molecule has 0 bridgehead atoms. The monoisotopic (exact) mass is 253 g/mol. The quantitative estimate of drug-likeness (QED) is 0.639. The van der Waals surface area contributed by atoms with Crippen molar-refractivity contribution < 1.29 is 18.7 Å². The molecule has 0 aliphatic heterocycles. The average molecular weight is 253 g/mol. The van der Waals surface area contributed by atoms with E-state index in [2.05, 4.69) is 4.74 Å². The van der Waals surface area contributed by atoms with E-state index in [1.54, 1.807) is 6.92 Å². The van der Waals surface area contributed by atoms with Crippen molar-refractivity contribution in [1.82, 2.24) is 0 Å². The highest BCUT2D eigenvalue weighted by atomic mass is 19.1. The molecule has 0 spiro atoms. The Hall–Kier alpha value is -1.75. The van der Waals surface area contributed by atoms with Gasteiger partial charge in [-0.15, -0.1) is 0 Å². The molecule has 1 aromatic rings. The average Bonchev–Trinajstić information content (AvgIpc) is 2.37. The number of esters is 1. The minimum Gasteiger partial charge on any atom is -0.469 e. The van der Waals surface area contributed by atoms with Crippen LogP contribution in [0, 0.1) is 12.7 Å². The summed E-state index contributed by atoms with van der Waals surface area (Å²) in [5.41, 5.74) is 6.43. The lowest BCUT2D eigenvalue weighted by molar-refractivity contribution is -0.140. The Morgan fingerprint density at radius 1 is 1.44 bits per heavy atom. The van der Waals surface area contributed by atoms with Crippen LogP contribution in [0.1, 0.15) is 28.8 Å². The molecule has 1 atom stereocenters. The number of Topliss-reactive ketones (excluding diaryl/α,β-unsaturated/α-hetero) is 1. The number of carbonyl (C=O) groups is 2. The summed E-state index contributed by atoms with van der Waals surface area (Å²) in [6.45, 7) is 1.58. The van der Waals surface area contributed by atoms with Crippen molar-refractivity contribution in [3.8, 4) is 0 Å². The topological polar surface area (TPSA) is 69.4 Å². The molecule has 0 saturated carbocycles. The van der Waals surface area contributed by atoms with Crippen LogP contribution >= 0.6 is 0 Å². The Kier molecular flexibility index (Phi) is 4.97. The number of hydrogen-bond donors (Lipinski definition) is 1. The molecule has 2 N–H and O–H groups in total. The van der Waals surface area contributed by atoms with Crippen LogP contribution in [0.3, 0.4) is 0 Å². The Morgan fingerprint density at radius 3 is 2.67 bits per heavy atom. The normalized spacial score (nSPS) is 12.0. The van der Waals surface area contributed by atoms with Crippen LogP contribution in [0.4, 0.5) is 4.39 Å². The number of ether oxygens (including phenoxy) is 1. The first kappa shape index (κ1) is 14.3. The summed E-state index contributed by atoms with van der Waals surface area (Å²) in [4.78, 5) is 22.8. The highest BCUT2D eigenvalue weighted by Gasteiger charge is 2.17. The highest BCUT2D eigenvalue weighted by molar-refractivity contribution is 6.00. The summed E-state index contributed by atoms with van der Waals surface area (Å²) < 4.78 is 17.5. The van der Waals surface area contributed by atoms with Gasteiger partial charge in [-0.1, -0.05) is 0 Å². The van der Waals surface area contributed by atoms with Crippen LogP contribution in [0.5, 0.6) is 0 Å². The minimum atomic E-state index is -0.783. The van der Waals surface area contributed by atoms with Crippen molar-refractivity contribution in [2.75, 3.05) is 7.11 Å². The predicted molar refractivity (Wildman–Crippen MR) is 64.7 cm³/mol. The van der Waals surface area contributed by atoms with E-state index in [9.17, 15) is 14.0 Å². The highest BCUT2D eigenvalue weighted by Crippen LogP contribution is 2.12. The number of carbonyl (C=O) groups excluding carboxylic acids is 2. The van der Waals surface area contributed by atoms with Gasteiger partial charge in [0.15, 0.2) is 5.78 Å². The van der Waals surface area contributed by atoms with Crippen LogP contribution in [0.2, 0.25) is 0 Å². The van der Waals surface area contributed by atoms with E-state index >= 15 is 0 Å². The van der Waals surface area contributed by atoms with E-state index in [1.165, 1.54) is 25.3 Å². The number of benzene rings is 1. The van der Waals surface area contributed by atoms with Crippen molar-refractivity contribution in [2.24, 2.45) is 5.73 Å². The van der Waals surface area contributed by atoms with Gasteiger partial charge >= 0.3 is 5.97 Å². The van der Waals surface area contributed by atoms with Gasteiger partial charge in [-0.3, -0.25) is 9.59 Å². The zero-order valence-corrected chi connectivity index (χ0v) is 10.4. The largest absolute Gasteiger partial charge is 0.469 e. The fourth-order valence-corrected chi connectivity index (χ4v) is 1.52. The molecular formula is C13H16FNO3. The van der Waals surface area contributed by atoms with Gasteiger partial charge in [-0.25, -0.2) is 4.39 Å². The third-order valence-electron chi connectivity index (χ3n) is 2.67. The Balaban J connectivity index is 2.68. The predicted octanol–water partition coefficient (Wildman–Crippen LogP) is 1.60. The van der Waals surface area contributed by atoms with Crippen LogP contribution in [-0.2, 0) is 9.53 Å². The van der Waals surface area contributed by atoms with E-state index in [0.29, 0.717) is 11.1 Å². The van der Waals surface area contributed by atoms with Gasteiger partial charge in [-0.05, 0) is 37.1 Å².